The van der Waals surface area contributed by atoms with Crippen LogP contribution >= 0.6 is 15.9 Å². The maximum absolute atomic E-state index is 13.7. The fraction of sp³-hybridized carbons (Fsp3) is 0.0714. The zero-order valence-electron chi connectivity index (χ0n) is 10.7. The number of carbonyl (C=O) groups is 1. The van der Waals surface area contributed by atoms with Crippen LogP contribution in [0.15, 0.2) is 40.9 Å². The molecule has 0 bridgehead atoms. The van der Waals surface area contributed by atoms with Crippen LogP contribution < -0.4 is 16.6 Å². The van der Waals surface area contributed by atoms with Gasteiger partial charge in [-0.2, -0.15) is 0 Å². The summed E-state index contributed by atoms with van der Waals surface area (Å²) in [6.45, 7) is 1.89. The minimum Gasteiger partial charge on any atom is -0.323 e. The van der Waals surface area contributed by atoms with E-state index < -0.39 is 11.7 Å². The Morgan fingerprint density at radius 3 is 2.60 bits per heavy atom. The van der Waals surface area contributed by atoms with Crippen molar-refractivity contribution in [1.82, 2.24) is 0 Å². The van der Waals surface area contributed by atoms with E-state index in [0.29, 0.717) is 15.7 Å². The molecule has 0 aliphatic carbocycles. The topological polar surface area (TPSA) is 67.2 Å². The Morgan fingerprint density at radius 1 is 1.20 bits per heavy atom. The van der Waals surface area contributed by atoms with Crippen LogP contribution in [0.25, 0.3) is 0 Å². The van der Waals surface area contributed by atoms with Gasteiger partial charge in [0.2, 0.25) is 0 Å². The molecule has 0 unspecified atom stereocenters. The average Bonchev–Trinajstić information content (AvgIpc) is 2.41. The molecule has 4 N–H and O–H groups in total. The summed E-state index contributed by atoms with van der Waals surface area (Å²) in [6.07, 6.45) is 0. The van der Waals surface area contributed by atoms with E-state index in [1.54, 1.807) is 24.3 Å². The van der Waals surface area contributed by atoms with Crippen molar-refractivity contribution in [3.05, 3.63) is 57.8 Å². The Labute approximate surface area is 124 Å². The molecular formula is C14H13BrFN3O. The number of hydrazine groups is 1. The number of amides is 1. The Bertz CT molecular complexity index is 661. The van der Waals surface area contributed by atoms with E-state index in [9.17, 15) is 9.18 Å². The van der Waals surface area contributed by atoms with Crippen molar-refractivity contribution in [2.45, 2.75) is 6.92 Å². The van der Waals surface area contributed by atoms with E-state index in [4.69, 9.17) is 5.84 Å². The summed E-state index contributed by atoms with van der Waals surface area (Å²) in [4.78, 5) is 12.2. The first-order valence-corrected chi connectivity index (χ1v) is 6.64. The fourth-order valence-corrected chi connectivity index (χ4v) is 2.09. The lowest BCUT2D eigenvalue weighted by atomic mass is 10.1. The Balaban J connectivity index is 2.28. The summed E-state index contributed by atoms with van der Waals surface area (Å²) in [5.74, 6) is 4.45. The number of carbonyl (C=O) groups excluding carboxylic acids is 1. The molecule has 20 heavy (non-hydrogen) atoms. The Kier molecular flexibility index (Phi) is 4.36. The van der Waals surface area contributed by atoms with Gasteiger partial charge in [0.25, 0.3) is 5.91 Å². The maximum atomic E-state index is 13.7. The molecule has 2 aromatic carbocycles. The van der Waals surface area contributed by atoms with E-state index in [2.05, 4.69) is 26.7 Å². The van der Waals surface area contributed by atoms with Gasteiger partial charge in [-0.05, 0) is 42.8 Å². The molecule has 0 fully saturated rings. The van der Waals surface area contributed by atoms with Crippen LogP contribution in [0.4, 0.5) is 15.8 Å². The van der Waals surface area contributed by atoms with E-state index in [0.717, 1.165) is 5.56 Å². The van der Waals surface area contributed by atoms with E-state index >= 15 is 0 Å². The zero-order chi connectivity index (χ0) is 14.7. The lowest BCUT2D eigenvalue weighted by Gasteiger charge is -2.11. The Morgan fingerprint density at radius 2 is 1.95 bits per heavy atom. The maximum Gasteiger partial charge on any atom is 0.257 e. The van der Waals surface area contributed by atoms with Crippen LogP contribution in [0.2, 0.25) is 0 Å². The summed E-state index contributed by atoms with van der Waals surface area (Å²) in [6, 6.07) is 9.58. The predicted molar refractivity (Wildman–Crippen MR) is 81.0 cm³/mol. The molecule has 6 heteroatoms. The molecule has 0 saturated carbocycles. The molecule has 0 aromatic heterocycles. The number of rotatable bonds is 3. The molecule has 0 atom stereocenters. The van der Waals surface area contributed by atoms with Gasteiger partial charge in [-0.15, -0.1) is 0 Å². The zero-order valence-corrected chi connectivity index (χ0v) is 12.3. The summed E-state index contributed by atoms with van der Waals surface area (Å²) >= 11 is 3.16. The van der Waals surface area contributed by atoms with Gasteiger partial charge in [0.15, 0.2) is 0 Å². The molecule has 104 valence electrons. The second-order valence-electron chi connectivity index (χ2n) is 4.27. The molecule has 0 heterocycles. The number of aryl methyl sites for hydroxylation is 1. The molecular weight excluding hydrogens is 325 g/mol. The third-order valence-electron chi connectivity index (χ3n) is 2.75. The predicted octanol–water partition coefficient (Wildman–Crippen LogP) is 3.43. The minimum atomic E-state index is -0.512. The monoisotopic (exact) mass is 337 g/mol. The van der Waals surface area contributed by atoms with Crippen LogP contribution in [0.5, 0.6) is 0 Å². The molecule has 0 aliphatic rings. The third-order valence-corrected chi connectivity index (χ3v) is 3.25. The van der Waals surface area contributed by atoms with Crippen LogP contribution in [0, 0.1) is 12.7 Å². The highest BCUT2D eigenvalue weighted by atomic mass is 79.9. The number of hydrogen-bond acceptors (Lipinski definition) is 3. The standard InChI is InChI=1S/C14H13BrFN3O/c1-8-2-4-10(13(6-8)19-17)14(20)18-12-5-3-9(15)7-11(12)16/h2-7,19H,17H2,1H3,(H,18,20). The van der Waals surface area contributed by atoms with Crippen molar-refractivity contribution in [2.24, 2.45) is 5.84 Å². The summed E-state index contributed by atoms with van der Waals surface area (Å²) in [5.41, 5.74) is 4.37. The van der Waals surface area contributed by atoms with E-state index in [1.807, 2.05) is 6.92 Å². The van der Waals surface area contributed by atoms with Crippen molar-refractivity contribution in [3.8, 4) is 0 Å². The normalized spacial score (nSPS) is 10.2. The number of halogens is 2. The molecule has 0 spiro atoms. The smallest absolute Gasteiger partial charge is 0.257 e. The lowest BCUT2D eigenvalue weighted by Crippen LogP contribution is -2.18. The average molecular weight is 338 g/mol. The number of nitrogens with one attached hydrogen (secondary N) is 2. The van der Waals surface area contributed by atoms with Crippen molar-refractivity contribution in [3.63, 3.8) is 0 Å². The van der Waals surface area contributed by atoms with Gasteiger partial charge in [-0.1, -0.05) is 22.0 Å². The molecule has 4 nitrogen and oxygen atoms in total. The van der Waals surface area contributed by atoms with Gasteiger partial charge >= 0.3 is 0 Å². The van der Waals surface area contributed by atoms with Gasteiger partial charge in [0.05, 0.1) is 16.9 Å². The highest BCUT2D eigenvalue weighted by molar-refractivity contribution is 9.10. The molecule has 0 saturated heterocycles. The highest BCUT2D eigenvalue weighted by Crippen LogP contribution is 2.22. The van der Waals surface area contributed by atoms with Gasteiger partial charge in [0, 0.05) is 4.47 Å². The summed E-state index contributed by atoms with van der Waals surface area (Å²) < 4.78 is 14.3. The van der Waals surface area contributed by atoms with Crippen molar-refractivity contribution >= 4 is 33.2 Å². The van der Waals surface area contributed by atoms with Gasteiger partial charge in [-0.3, -0.25) is 10.6 Å². The van der Waals surface area contributed by atoms with Crippen molar-refractivity contribution < 1.29 is 9.18 Å². The number of anilines is 2. The largest absolute Gasteiger partial charge is 0.323 e. The van der Waals surface area contributed by atoms with Gasteiger partial charge < -0.3 is 10.7 Å². The van der Waals surface area contributed by atoms with Crippen LogP contribution in [-0.4, -0.2) is 5.91 Å². The van der Waals surface area contributed by atoms with Crippen molar-refractivity contribution in [1.29, 1.82) is 0 Å². The van der Waals surface area contributed by atoms with E-state index in [1.165, 1.54) is 12.1 Å². The van der Waals surface area contributed by atoms with Crippen LogP contribution in [-0.2, 0) is 0 Å². The molecule has 2 aromatic rings. The molecule has 0 radical (unpaired) electrons. The highest BCUT2D eigenvalue weighted by Gasteiger charge is 2.13. The molecule has 0 aliphatic heterocycles. The lowest BCUT2D eigenvalue weighted by molar-refractivity contribution is 0.102. The van der Waals surface area contributed by atoms with Crippen LogP contribution in [0.3, 0.4) is 0 Å². The number of nitrogen functional groups attached to an aromatic ring is 1. The van der Waals surface area contributed by atoms with Crippen LogP contribution in [0.1, 0.15) is 15.9 Å². The fourth-order valence-electron chi connectivity index (χ4n) is 1.76. The molecule has 2 rings (SSSR count). The Hall–Kier alpha value is -1.92. The SMILES string of the molecule is Cc1ccc(C(=O)Nc2ccc(Br)cc2F)c(NN)c1. The second kappa shape index (κ2) is 6.02. The summed E-state index contributed by atoms with van der Waals surface area (Å²) in [7, 11) is 0. The molecule has 1 amide bonds. The number of benzene rings is 2. The first-order valence-electron chi connectivity index (χ1n) is 5.85. The van der Waals surface area contributed by atoms with Gasteiger partial charge in [-0.25, -0.2) is 4.39 Å². The first kappa shape index (κ1) is 14.5. The van der Waals surface area contributed by atoms with Gasteiger partial charge in [0.1, 0.15) is 5.82 Å². The minimum absolute atomic E-state index is 0.113. The van der Waals surface area contributed by atoms with E-state index in [-0.39, 0.29) is 5.69 Å². The summed E-state index contributed by atoms with van der Waals surface area (Å²) in [5, 5.41) is 2.52. The first-order chi connectivity index (χ1) is 9.51. The number of nitrogens with two attached hydrogens (primary N) is 1. The van der Waals surface area contributed by atoms with Crippen molar-refractivity contribution in [2.75, 3.05) is 10.7 Å². The second-order valence-corrected chi connectivity index (χ2v) is 5.19. The quantitative estimate of drug-likeness (QED) is 0.593. The number of hydrogen-bond donors (Lipinski definition) is 3. The third kappa shape index (κ3) is 3.15.